The highest BCUT2D eigenvalue weighted by atomic mass is 16.6. The molecule has 0 saturated carbocycles. The molecule has 0 unspecified atom stereocenters. The molecule has 9 heteroatoms. The topological polar surface area (TPSA) is 114 Å². The largest absolute Gasteiger partial charge is 0.418 e. The summed E-state index contributed by atoms with van der Waals surface area (Å²) in [7, 11) is 1.74. The van der Waals surface area contributed by atoms with E-state index in [0.29, 0.717) is 16.7 Å². The summed E-state index contributed by atoms with van der Waals surface area (Å²) in [4.78, 5) is 31.5. The third-order valence-corrected chi connectivity index (χ3v) is 4.92. The van der Waals surface area contributed by atoms with Gasteiger partial charge >= 0.3 is 6.09 Å². The normalized spacial score (nSPS) is 10.9. The molecule has 5 rings (SSSR count). The molecule has 3 heterocycles. The summed E-state index contributed by atoms with van der Waals surface area (Å²) in [5, 5.41) is 12.3. The van der Waals surface area contributed by atoms with Crippen molar-refractivity contribution in [3.8, 4) is 5.88 Å². The number of aromatic nitrogens is 4. The molecule has 3 N–H and O–H groups in total. The minimum Gasteiger partial charge on any atom is -0.389 e. The van der Waals surface area contributed by atoms with Gasteiger partial charge in [0.05, 0.1) is 5.69 Å². The van der Waals surface area contributed by atoms with E-state index >= 15 is 0 Å². The fourth-order valence-electron chi connectivity index (χ4n) is 3.49. The summed E-state index contributed by atoms with van der Waals surface area (Å²) in [5.41, 5.74) is 2.51. The lowest BCUT2D eigenvalue weighted by atomic mass is 10.1. The first kappa shape index (κ1) is 19.3. The fourth-order valence-corrected chi connectivity index (χ4v) is 3.49. The van der Waals surface area contributed by atoms with E-state index < -0.39 is 6.09 Å². The van der Waals surface area contributed by atoms with E-state index in [2.05, 4.69) is 25.7 Å². The van der Waals surface area contributed by atoms with Crippen LogP contribution in [0.15, 0.2) is 77.9 Å². The van der Waals surface area contributed by atoms with Crippen molar-refractivity contribution in [3.05, 3.63) is 83.4 Å². The van der Waals surface area contributed by atoms with E-state index in [-0.39, 0.29) is 11.4 Å². The molecule has 0 aliphatic heterocycles. The molecule has 9 nitrogen and oxygen atoms in total. The van der Waals surface area contributed by atoms with Gasteiger partial charge in [-0.1, -0.05) is 18.2 Å². The Kier molecular flexibility index (Phi) is 4.75. The number of amides is 1. The number of aryl methyl sites for hydroxylation is 1. The summed E-state index contributed by atoms with van der Waals surface area (Å²) in [5.74, 6) is 0.220. The molecule has 0 aliphatic rings. The van der Waals surface area contributed by atoms with Crippen LogP contribution in [0.5, 0.6) is 5.88 Å². The van der Waals surface area contributed by atoms with Gasteiger partial charge in [-0.15, -0.1) is 5.10 Å². The smallest absolute Gasteiger partial charge is 0.389 e. The van der Waals surface area contributed by atoms with Crippen LogP contribution in [0.2, 0.25) is 0 Å². The van der Waals surface area contributed by atoms with Gasteiger partial charge in [-0.05, 0) is 36.4 Å². The Morgan fingerprint density at radius 2 is 1.75 bits per heavy atom. The first-order valence-electron chi connectivity index (χ1n) is 9.82. The Balaban J connectivity index is 1.38. The number of carbonyl (C=O) groups is 1. The third kappa shape index (κ3) is 3.74. The van der Waals surface area contributed by atoms with E-state index in [1.54, 1.807) is 48.4 Å². The van der Waals surface area contributed by atoms with Gasteiger partial charge in [-0.2, -0.15) is 0 Å². The molecule has 32 heavy (non-hydrogen) atoms. The van der Waals surface area contributed by atoms with Gasteiger partial charge < -0.3 is 15.0 Å². The molecule has 0 fully saturated rings. The van der Waals surface area contributed by atoms with Crippen molar-refractivity contribution in [3.63, 3.8) is 0 Å². The third-order valence-electron chi connectivity index (χ3n) is 4.92. The van der Waals surface area contributed by atoms with E-state index in [1.807, 2.05) is 36.4 Å². The first-order chi connectivity index (χ1) is 15.6. The standard InChI is InChI=1S/C23H18N6O3/c1-29-13-11-19(28-29)32-23(31)26-15-8-6-14(7-9-15)25-18-10-12-24-21-20(18)16-4-2-3-5-17(16)22(30)27-21/h2-13H,1H3,(H,26,31)(H2,24,25,27,30). The molecule has 0 bridgehead atoms. The lowest BCUT2D eigenvalue weighted by Crippen LogP contribution is -2.17. The van der Waals surface area contributed by atoms with Crippen LogP contribution in [0.3, 0.4) is 0 Å². The fraction of sp³-hybridized carbons (Fsp3) is 0.0435. The quantitative estimate of drug-likeness (QED) is 0.372. The van der Waals surface area contributed by atoms with Crippen LogP contribution >= 0.6 is 0 Å². The van der Waals surface area contributed by atoms with Crippen LogP contribution in [-0.2, 0) is 7.05 Å². The van der Waals surface area contributed by atoms with Crippen LogP contribution in [0.4, 0.5) is 21.9 Å². The number of pyridine rings is 2. The van der Waals surface area contributed by atoms with E-state index in [0.717, 1.165) is 22.1 Å². The Morgan fingerprint density at radius 3 is 2.50 bits per heavy atom. The number of ether oxygens (including phenoxy) is 1. The number of aromatic amines is 1. The minimum atomic E-state index is -0.625. The zero-order valence-electron chi connectivity index (χ0n) is 17.0. The first-order valence-corrected chi connectivity index (χ1v) is 9.82. The number of anilines is 3. The second-order valence-electron chi connectivity index (χ2n) is 7.13. The maximum atomic E-state index is 12.3. The highest BCUT2D eigenvalue weighted by Crippen LogP contribution is 2.29. The zero-order chi connectivity index (χ0) is 22.1. The van der Waals surface area contributed by atoms with Crippen molar-refractivity contribution in [2.75, 3.05) is 10.6 Å². The van der Waals surface area contributed by atoms with Gasteiger partial charge in [0.15, 0.2) is 0 Å². The molecule has 3 aromatic heterocycles. The van der Waals surface area contributed by atoms with Crippen molar-refractivity contribution < 1.29 is 9.53 Å². The van der Waals surface area contributed by atoms with Gasteiger partial charge in [-0.3, -0.25) is 14.8 Å². The SMILES string of the molecule is Cn1ccc(OC(=O)Nc2ccc(Nc3ccnc4[nH]c(=O)c5ccccc5c34)cc2)n1. The lowest BCUT2D eigenvalue weighted by Gasteiger charge is -2.12. The molecule has 0 radical (unpaired) electrons. The van der Waals surface area contributed by atoms with E-state index in [4.69, 9.17) is 4.74 Å². The molecule has 0 atom stereocenters. The van der Waals surface area contributed by atoms with Gasteiger partial charge in [0.2, 0.25) is 5.88 Å². The number of carbonyl (C=O) groups excluding carboxylic acids is 1. The summed E-state index contributed by atoms with van der Waals surface area (Å²) >= 11 is 0. The molecule has 2 aromatic carbocycles. The number of nitrogens with one attached hydrogen (secondary N) is 3. The predicted molar refractivity (Wildman–Crippen MR) is 122 cm³/mol. The van der Waals surface area contributed by atoms with Gasteiger partial charge in [0, 0.05) is 53.0 Å². The van der Waals surface area contributed by atoms with Crippen molar-refractivity contribution in [2.45, 2.75) is 0 Å². The average Bonchev–Trinajstić information content (AvgIpc) is 3.19. The van der Waals surface area contributed by atoms with Crippen LogP contribution in [-0.4, -0.2) is 25.8 Å². The van der Waals surface area contributed by atoms with Gasteiger partial charge in [0.25, 0.3) is 5.56 Å². The molecule has 158 valence electrons. The number of benzene rings is 2. The van der Waals surface area contributed by atoms with Crippen molar-refractivity contribution in [1.82, 2.24) is 19.7 Å². The highest BCUT2D eigenvalue weighted by Gasteiger charge is 2.11. The molecule has 0 spiro atoms. The molecular weight excluding hydrogens is 408 g/mol. The monoisotopic (exact) mass is 426 g/mol. The number of hydrogen-bond donors (Lipinski definition) is 3. The Hall–Kier alpha value is -4.66. The van der Waals surface area contributed by atoms with Crippen molar-refractivity contribution in [1.29, 1.82) is 0 Å². The molecule has 0 aliphatic carbocycles. The van der Waals surface area contributed by atoms with E-state index in [1.165, 1.54) is 0 Å². The second-order valence-corrected chi connectivity index (χ2v) is 7.13. The second kappa shape index (κ2) is 7.88. The average molecular weight is 426 g/mol. The highest BCUT2D eigenvalue weighted by molar-refractivity contribution is 6.10. The van der Waals surface area contributed by atoms with Gasteiger partial charge in [0.1, 0.15) is 5.65 Å². The predicted octanol–water partition coefficient (Wildman–Crippen LogP) is 4.16. The number of H-pyrrole nitrogens is 1. The van der Waals surface area contributed by atoms with Crippen LogP contribution < -0.4 is 20.9 Å². The Labute approximate surface area is 181 Å². The summed E-state index contributed by atoms with van der Waals surface area (Å²) in [6.07, 6.45) is 2.70. The minimum absolute atomic E-state index is 0.175. The Bertz CT molecular complexity index is 1500. The van der Waals surface area contributed by atoms with Crippen molar-refractivity contribution >= 4 is 45.0 Å². The summed E-state index contributed by atoms with van der Waals surface area (Å²) < 4.78 is 6.68. The summed E-state index contributed by atoms with van der Waals surface area (Å²) in [6, 6.07) is 18.0. The number of nitrogens with zero attached hydrogens (tertiary/aromatic N) is 3. The number of hydrogen-bond acceptors (Lipinski definition) is 6. The number of rotatable bonds is 4. The van der Waals surface area contributed by atoms with Crippen LogP contribution in [0, 0.1) is 0 Å². The maximum absolute atomic E-state index is 12.3. The lowest BCUT2D eigenvalue weighted by molar-refractivity contribution is 0.213. The molecule has 0 saturated heterocycles. The molecular formula is C23H18N6O3. The van der Waals surface area contributed by atoms with Gasteiger partial charge in [-0.25, -0.2) is 9.78 Å². The van der Waals surface area contributed by atoms with E-state index in [9.17, 15) is 9.59 Å². The Morgan fingerprint density at radius 1 is 1.00 bits per heavy atom. The van der Waals surface area contributed by atoms with Crippen LogP contribution in [0.1, 0.15) is 0 Å². The van der Waals surface area contributed by atoms with Crippen molar-refractivity contribution in [2.24, 2.45) is 7.05 Å². The summed E-state index contributed by atoms with van der Waals surface area (Å²) in [6.45, 7) is 0. The number of fused-ring (bicyclic) bond motifs is 3. The molecule has 5 aromatic rings. The maximum Gasteiger partial charge on any atom is 0.418 e. The molecule has 1 amide bonds. The van der Waals surface area contributed by atoms with Crippen LogP contribution in [0.25, 0.3) is 21.8 Å². The zero-order valence-corrected chi connectivity index (χ0v) is 17.0.